The number of anilines is 1. The summed E-state index contributed by atoms with van der Waals surface area (Å²) in [5.41, 5.74) is 3.35. The zero-order chi connectivity index (χ0) is 16.4. The van der Waals surface area contributed by atoms with Crippen molar-refractivity contribution in [1.29, 1.82) is 0 Å². The topological polar surface area (TPSA) is 35.6 Å². The second-order valence-corrected chi connectivity index (χ2v) is 7.04. The highest BCUT2D eigenvalue weighted by Crippen LogP contribution is 2.25. The van der Waals surface area contributed by atoms with Crippen LogP contribution in [-0.2, 0) is 6.42 Å². The number of Topliss-reactive ketones (excluding diaryl/α,β-unsaturated/α-hetero) is 1. The number of nitrogens with zero attached hydrogens (tertiary/aromatic N) is 2. The van der Waals surface area contributed by atoms with Crippen molar-refractivity contribution in [2.24, 2.45) is 0 Å². The van der Waals surface area contributed by atoms with Crippen molar-refractivity contribution in [3.8, 4) is 0 Å². The zero-order valence-corrected chi connectivity index (χ0v) is 14.6. The van der Waals surface area contributed by atoms with Gasteiger partial charge in [0, 0.05) is 23.8 Å². The summed E-state index contributed by atoms with van der Waals surface area (Å²) in [4.78, 5) is 17.8. The number of hydrogen-bond acceptors (Lipinski definition) is 4. The van der Waals surface area contributed by atoms with E-state index in [4.69, 9.17) is 0 Å². The Kier molecular flexibility index (Phi) is 5.02. The Balaban J connectivity index is 1.73. The van der Waals surface area contributed by atoms with E-state index in [9.17, 15) is 4.79 Å². The molecule has 1 unspecified atom stereocenters. The second kappa shape index (κ2) is 7.02. The van der Waals surface area contributed by atoms with Gasteiger partial charge in [-0.25, -0.2) is 0 Å². The maximum Gasteiger partial charge on any atom is 0.179 e. The van der Waals surface area contributed by atoms with Gasteiger partial charge in [0.1, 0.15) is 0 Å². The van der Waals surface area contributed by atoms with Crippen LogP contribution in [0.2, 0.25) is 0 Å². The van der Waals surface area contributed by atoms with E-state index in [1.165, 1.54) is 11.3 Å². The molecule has 1 N–H and O–H groups in total. The zero-order valence-electron chi connectivity index (χ0n) is 14.6. The standard InChI is InChI=1S/C19H29N3O/c1-4-18(22(3)16-8-11-21(2)12-9-16)19(23)15-5-6-17-14(13-15)7-10-20-17/h5-6,13,16,18,20H,4,7-12H2,1-3H3. The fourth-order valence-corrected chi connectivity index (χ4v) is 3.97. The van der Waals surface area contributed by atoms with Crippen molar-refractivity contribution in [3.63, 3.8) is 0 Å². The van der Waals surface area contributed by atoms with E-state index in [1.807, 2.05) is 6.07 Å². The first-order chi connectivity index (χ1) is 11.1. The van der Waals surface area contributed by atoms with Crippen LogP contribution in [0.25, 0.3) is 0 Å². The van der Waals surface area contributed by atoms with Gasteiger partial charge in [0.15, 0.2) is 5.78 Å². The van der Waals surface area contributed by atoms with E-state index in [0.717, 1.165) is 50.9 Å². The largest absolute Gasteiger partial charge is 0.384 e. The van der Waals surface area contributed by atoms with Crippen molar-refractivity contribution >= 4 is 11.5 Å². The first kappa shape index (κ1) is 16.5. The molecule has 2 heterocycles. The molecule has 0 spiro atoms. The molecule has 4 heteroatoms. The Hall–Kier alpha value is -1.39. The molecule has 4 nitrogen and oxygen atoms in total. The third kappa shape index (κ3) is 3.43. The highest BCUT2D eigenvalue weighted by atomic mass is 16.1. The molecule has 0 aromatic heterocycles. The lowest BCUT2D eigenvalue weighted by Crippen LogP contribution is -2.48. The molecule has 3 rings (SSSR count). The number of ketones is 1. The van der Waals surface area contributed by atoms with Crippen molar-refractivity contribution in [2.75, 3.05) is 39.0 Å². The lowest BCUT2D eigenvalue weighted by Gasteiger charge is -2.38. The van der Waals surface area contributed by atoms with Gasteiger partial charge in [0.2, 0.25) is 0 Å². The number of piperidine rings is 1. The number of carbonyl (C=O) groups excluding carboxylic acids is 1. The molecule has 0 aliphatic carbocycles. The number of hydrogen-bond donors (Lipinski definition) is 1. The fraction of sp³-hybridized carbons (Fsp3) is 0.632. The summed E-state index contributed by atoms with van der Waals surface area (Å²) in [5.74, 6) is 0.281. The van der Waals surface area contributed by atoms with Crippen LogP contribution in [0.1, 0.15) is 42.1 Å². The molecule has 1 aromatic rings. The minimum atomic E-state index is -0.00387. The Morgan fingerprint density at radius 1 is 1.39 bits per heavy atom. The van der Waals surface area contributed by atoms with Crippen LogP contribution in [-0.4, -0.2) is 61.4 Å². The molecule has 2 aliphatic heterocycles. The van der Waals surface area contributed by atoms with Crippen LogP contribution in [0.3, 0.4) is 0 Å². The van der Waals surface area contributed by atoms with E-state index in [-0.39, 0.29) is 11.8 Å². The van der Waals surface area contributed by atoms with Gasteiger partial charge >= 0.3 is 0 Å². The number of nitrogens with one attached hydrogen (secondary N) is 1. The summed E-state index contributed by atoms with van der Waals surface area (Å²) in [7, 11) is 4.31. The third-order valence-corrected chi connectivity index (χ3v) is 5.54. The van der Waals surface area contributed by atoms with Crippen LogP contribution in [0.5, 0.6) is 0 Å². The van der Waals surface area contributed by atoms with Gasteiger partial charge in [-0.2, -0.15) is 0 Å². The summed E-state index contributed by atoms with van der Waals surface area (Å²) < 4.78 is 0. The van der Waals surface area contributed by atoms with Crippen LogP contribution < -0.4 is 5.32 Å². The van der Waals surface area contributed by atoms with Crippen LogP contribution in [0, 0.1) is 0 Å². The quantitative estimate of drug-likeness (QED) is 0.847. The van der Waals surface area contributed by atoms with Gasteiger partial charge in [0.05, 0.1) is 6.04 Å². The van der Waals surface area contributed by atoms with Crippen molar-refractivity contribution < 1.29 is 4.79 Å². The Morgan fingerprint density at radius 3 is 2.83 bits per heavy atom. The molecule has 1 fully saturated rings. The molecule has 0 radical (unpaired) electrons. The molecule has 126 valence electrons. The van der Waals surface area contributed by atoms with Gasteiger partial charge in [-0.1, -0.05) is 6.92 Å². The lowest BCUT2D eigenvalue weighted by atomic mass is 9.95. The van der Waals surface area contributed by atoms with Gasteiger partial charge in [-0.05, 0) is 76.6 Å². The average Bonchev–Trinajstić information content (AvgIpc) is 3.03. The predicted octanol–water partition coefficient (Wildman–Crippen LogP) is 2.64. The Labute approximate surface area is 139 Å². The van der Waals surface area contributed by atoms with E-state index in [1.54, 1.807) is 0 Å². The molecule has 23 heavy (non-hydrogen) atoms. The van der Waals surface area contributed by atoms with Gasteiger partial charge in [0.25, 0.3) is 0 Å². The van der Waals surface area contributed by atoms with E-state index >= 15 is 0 Å². The molecule has 0 amide bonds. The molecule has 1 aromatic carbocycles. The minimum absolute atomic E-state index is 0.00387. The van der Waals surface area contributed by atoms with Crippen molar-refractivity contribution in [1.82, 2.24) is 9.80 Å². The van der Waals surface area contributed by atoms with E-state index < -0.39 is 0 Å². The van der Waals surface area contributed by atoms with E-state index in [2.05, 4.69) is 48.3 Å². The molecule has 1 saturated heterocycles. The van der Waals surface area contributed by atoms with Crippen LogP contribution in [0.4, 0.5) is 5.69 Å². The van der Waals surface area contributed by atoms with Gasteiger partial charge < -0.3 is 10.2 Å². The highest BCUT2D eigenvalue weighted by Gasteiger charge is 2.30. The summed E-state index contributed by atoms with van der Waals surface area (Å²) in [6, 6.07) is 6.68. The maximum absolute atomic E-state index is 13.1. The number of carbonyl (C=O) groups is 1. The number of likely N-dealkylation sites (tertiary alicyclic amines) is 1. The van der Waals surface area contributed by atoms with Crippen LogP contribution in [0.15, 0.2) is 18.2 Å². The number of likely N-dealkylation sites (N-methyl/N-ethyl adjacent to an activating group) is 1. The first-order valence-electron chi connectivity index (χ1n) is 8.91. The van der Waals surface area contributed by atoms with E-state index in [0.29, 0.717) is 6.04 Å². The van der Waals surface area contributed by atoms with Crippen molar-refractivity contribution in [2.45, 2.75) is 44.7 Å². The van der Waals surface area contributed by atoms with Crippen LogP contribution >= 0.6 is 0 Å². The molecular formula is C19H29N3O. The fourth-order valence-electron chi connectivity index (χ4n) is 3.97. The van der Waals surface area contributed by atoms with Crippen molar-refractivity contribution in [3.05, 3.63) is 29.3 Å². The number of fused-ring (bicyclic) bond motifs is 1. The minimum Gasteiger partial charge on any atom is -0.384 e. The number of rotatable bonds is 5. The molecular weight excluding hydrogens is 286 g/mol. The summed E-state index contributed by atoms with van der Waals surface area (Å²) in [6.45, 7) is 5.37. The lowest BCUT2D eigenvalue weighted by molar-refractivity contribution is 0.0691. The smallest absolute Gasteiger partial charge is 0.179 e. The molecule has 2 aliphatic rings. The average molecular weight is 315 g/mol. The van der Waals surface area contributed by atoms with Gasteiger partial charge in [-0.15, -0.1) is 0 Å². The second-order valence-electron chi connectivity index (χ2n) is 7.04. The SMILES string of the molecule is CCC(C(=O)c1ccc2c(c1)CCN2)N(C)C1CCN(C)CC1. The normalized spacial score (nSPS) is 20.3. The Morgan fingerprint density at radius 2 is 2.13 bits per heavy atom. The Bertz CT molecular complexity index is 564. The summed E-state index contributed by atoms with van der Waals surface area (Å²) in [6.07, 6.45) is 4.21. The highest BCUT2D eigenvalue weighted by molar-refractivity contribution is 6.00. The predicted molar refractivity (Wildman–Crippen MR) is 95.3 cm³/mol. The molecule has 0 bridgehead atoms. The summed E-state index contributed by atoms with van der Waals surface area (Å²) >= 11 is 0. The molecule has 0 saturated carbocycles. The monoisotopic (exact) mass is 315 g/mol. The maximum atomic E-state index is 13.1. The first-order valence-corrected chi connectivity index (χ1v) is 8.91. The third-order valence-electron chi connectivity index (χ3n) is 5.54. The number of benzene rings is 1. The summed E-state index contributed by atoms with van der Waals surface area (Å²) in [5, 5.41) is 3.36. The van der Waals surface area contributed by atoms with Gasteiger partial charge in [-0.3, -0.25) is 9.69 Å². The molecule has 1 atom stereocenters.